The van der Waals surface area contributed by atoms with E-state index in [2.05, 4.69) is 10.3 Å². The third-order valence-electron chi connectivity index (χ3n) is 4.02. The lowest BCUT2D eigenvalue weighted by Crippen LogP contribution is -2.33. The molecule has 0 aliphatic carbocycles. The molecule has 134 valence electrons. The predicted octanol–water partition coefficient (Wildman–Crippen LogP) is 1.18. The van der Waals surface area contributed by atoms with Crippen molar-refractivity contribution in [1.29, 1.82) is 0 Å². The molecule has 0 saturated carbocycles. The van der Waals surface area contributed by atoms with Crippen molar-refractivity contribution in [3.05, 3.63) is 74.9 Å². The number of nitrogens with one attached hydrogen (secondary N) is 2. The van der Waals surface area contributed by atoms with E-state index < -0.39 is 17.4 Å². The van der Waals surface area contributed by atoms with Gasteiger partial charge in [-0.15, -0.1) is 0 Å². The van der Waals surface area contributed by atoms with Gasteiger partial charge in [-0.25, -0.2) is 9.36 Å². The first-order chi connectivity index (χ1) is 12.5. The maximum atomic E-state index is 12.7. The Bertz CT molecular complexity index is 1050. The van der Waals surface area contributed by atoms with Gasteiger partial charge < -0.3 is 15.4 Å². The summed E-state index contributed by atoms with van der Waals surface area (Å²) in [6, 6.07) is 13.2. The lowest BCUT2D eigenvalue weighted by Gasteiger charge is -2.09. The highest BCUT2D eigenvalue weighted by Gasteiger charge is 2.12. The van der Waals surface area contributed by atoms with Crippen LogP contribution in [0.3, 0.4) is 0 Å². The fourth-order valence-electron chi connectivity index (χ4n) is 2.67. The molecule has 1 atom stereocenters. The standard InChI is InChI=1S/C19H19N3O4/c1-12(23)9-10-20-17(24)13-7-8-15-16(11-13)21-19(26)22(18(15)25)14-5-3-2-4-6-14/h2-8,11-12,23H,9-10H2,1H3,(H,20,24)(H,21,26)/t12-/m0/s1. The van der Waals surface area contributed by atoms with Crippen LogP contribution in [-0.4, -0.2) is 33.2 Å². The number of hydrogen-bond acceptors (Lipinski definition) is 4. The van der Waals surface area contributed by atoms with Crippen LogP contribution in [0, 0.1) is 0 Å². The normalized spacial score (nSPS) is 12.1. The van der Waals surface area contributed by atoms with E-state index in [4.69, 9.17) is 0 Å². The number of amides is 1. The molecule has 0 saturated heterocycles. The van der Waals surface area contributed by atoms with E-state index in [9.17, 15) is 19.5 Å². The van der Waals surface area contributed by atoms with Crippen molar-refractivity contribution >= 4 is 16.8 Å². The summed E-state index contributed by atoms with van der Waals surface area (Å²) in [4.78, 5) is 39.9. The lowest BCUT2D eigenvalue weighted by atomic mass is 10.1. The predicted molar refractivity (Wildman–Crippen MR) is 98.8 cm³/mol. The first kappa shape index (κ1) is 17.6. The highest BCUT2D eigenvalue weighted by Crippen LogP contribution is 2.11. The number of aromatic amines is 1. The van der Waals surface area contributed by atoms with Crippen LogP contribution in [0.1, 0.15) is 23.7 Å². The molecule has 0 aliphatic rings. The molecule has 2 aromatic carbocycles. The van der Waals surface area contributed by atoms with Crippen molar-refractivity contribution in [2.75, 3.05) is 6.54 Å². The number of nitrogens with zero attached hydrogens (tertiary/aromatic N) is 1. The van der Waals surface area contributed by atoms with Crippen LogP contribution in [0.4, 0.5) is 0 Å². The van der Waals surface area contributed by atoms with Crippen LogP contribution in [0.5, 0.6) is 0 Å². The zero-order chi connectivity index (χ0) is 18.7. The SMILES string of the molecule is C[C@H](O)CCNC(=O)c1ccc2c(=O)n(-c3ccccc3)c(=O)[nH]c2c1. The Kier molecular flexibility index (Phi) is 4.99. The quantitative estimate of drug-likeness (QED) is 0.641. The summed E-state index contributed by atoms with van der Waals surface area (Å²) >= 11 is 0. The Morgan fingerprint density at radius 3 is 2.62 bits per heavy atom. The van der Waals surface area contributed by atoms with E-state index in [1.807, 2.05) is 0 Å². The third kappa shape index (κ3) is 3.57. The number of carbonyl (C=O) groups is 1. The number of aliphatic hydroxyl groups is 1. The van der Waals surface area contributed by atoms with Crippen molar-refractivity contribution in [2.24, 2.45) is 0 Å². The number of carbonyl (C=O) groups excluding carboxylic acids is 1. The van der Waals surface area contributed by atoms with Gasteiger partial charge in [0, 0.05) is 12.1 Å². The molecule has 3 aromatic rings. The highest BCUT2D eigenvalue weighted by atomic mass is 16.3. The molecule has 7 heteroatoms. The van der Waals surface area contributed by atoms with Gasteiger partial charge >= 0.3 is 5.69 Å². The fourth-order valence-corrected chi connectivity index (χ4v) is 2.67. The van der Waals surface area contributed by atoms with E-state index in [1.165, 1.54) is 18.2 Å². The van der Waals surface area contributed by atoms with Gasteiger partial charge in [-0.3, -0.25) is 9.59 Å². The van der Waals surface area contributed by atoms with Crippen molar-refractivity contribution in [2.45, 2.75) is 19.4 Å². The van der Waals surface area contributed by atoms with Crippen molar-refractivity contribution in [3.8, 4) is 5.69 Å². The van der Waals surface area contributed by atoms with E-state index in [-0.39, 0.29) is 5.91 Å². The van der Waals surface area contributed by atoms with Crippen molar-refractivity contribution in [3.63, 3.8) is 0 Å². The smallest absolute Gasteiger partial charge is 0.333 e. The minimum atomic E-state index is -0.569. The van der Waals surface area contributed by atoms with Crippen molar-refractivity contribution in [1.82, 2.24) is 14.9 Å². The van der Waals surface area contributed by atoms with E-state index in [0.29, 0.717) is 35.1 Å². The topological polar surface area (TPSA) is 104 Å². The molecule has 7 nitrogen and oxygen atoms in total. The van der Waals surface area contributed by atoms with Gasteiger partial charge in [0.05, 0.1) is 22.7 Å². The van der Waals surface area contributed by atoms with Crippen LogP contribution in [-0.2, 0) is 0 Å². The van der Waals surface area contributed by atoms with E-state index in [1.54, 1.807) is 37.3 Å². The highest BCUT2D eigenvalue weighted by molar-refractivity contribution is 5.97. The zero-order valence-electron chi connectivity index (χ0n) is 14.2. The summed E-state index contributed by atoms with van der Waals surface area (Å²) in [5.74, 6) is -0.333. The van der Waals surface area contributed by atoms with Crippen LogP contribution in [0.15, 0.2) is 58.1 Å². The van der Waals surface area contributed by atoms with Crippen LogP contribution in [0.2, 0.25) is 0 Å². The van der Waals surface area contributed by atoms with Gasteiger partial charge in [0.2, 0.25) is 0 Å². The molecule has 0 radical (unpaired) electrons. The molecule has 0 unspecified atom stereocenters. The molecule has 0 fully saturated rings. The first-order valence-corrected chi connectivity index (χ1v) is 8.28. The van der Waals surface area contributed by atoms with Gasteiger partial charge in [0.15, 0.2) is 0 Å². The number of hydrogen-bond donors (Lipinski definition) is 3. The fraction of sp³-hybridized carbons (Fsp3) is 0.211. The van der Waals surface area contributed by atoms with Gasteiger partial charge in [0.25, 0.3) is 11.5 Å². The Hall–Kier alpha value is -3.19. The van der Waals surface area contributed by atoms with Crippen LogP contribution >= 0.6 is 0 Å². The van der Waals surface area contributed by atoms with Gasteiger partial charge in [-0.05, 0) is 43.7 Å². The van der Waals surface area contributed by atoms with Gasteiger partial charge in [0.1, 0.15) is 0 Å². The number of fused-ring (bicyclic) bond motifs is 1. The first-order valence-electron chi connectivity index (χ1n) is 8.28. The molecule has 1 aromatic heterocycles. The van der Waals surface area contributed by atoms with E-state index >= 15 is 0 Å². The number of aromatic nitrogens is 2. The van der Waals surface area contributed by atoms with Gasteiger partial charge in [-0.2, -0.15) is 0 Å². The minimum absolute atomic E-state index is 0.301. The van der Waals surface area contributed by atoms with Gasteiger partial charge in [-0.1, -0.05) is 18.2 Å². The molecule has 0 aliphatic heterocycles. The zero-order valence-corrected chi connectivity index (χ0v) is 14.2. The second-order valence-electron chi connectivity index (χ2n) is 6.06. The summed E-state index contributed by atoms with van der Waals surface area (Å²) in [5, 5.41) is 12.2. The second kappa shape index (κ2) is 7.37. The molecular weight excluding hydrogens is 334 g/mol. The van der Waals surface area contributed by atoms with Crippen molar-refractivity contribution < 1.29 is 9.90 Å². The largest absolute Gasteiger partial charge is 0.393 e. The maximum absolute atomic E-state index is 12.7. The average Bonchev–Trinajstić information content (AvgIpc) is 2.61. The third-order valence-corrected chi connectivity index (χ3v) is 4.02. The summed E-state index contributed by atoms with van der Waals surface area (Å²) in [6.45, 7) is 1.98. The van der Waals surface area contributed by atoms with Crippen LogP contribution < -0.4 is 16.6 Å². The number of aliphatic hydroxyl groups excluding tert-OH is 1. The monoisotopic (exact) mass is 353 g/mol. The number of rotatable bonds is 5. The number of para-hydroxylation sites is 1. The molecular formula is C19H19N3O4. The summed E-state index contributed by atoms with van der Waals surface area (Å²) in [7, 11) is 0. The molecule has 1 amide bonds. The molecule has 26 heavy (non-hydrogen) atoms. The number of H-pyrrole nitrogens is 1. The Labute approximate surface area is 148 Å². The summed E-state index contributed by atoms with van der Waals surface area (Å²) in [5.41, 5.74) is 0.0860. The lowest BCUT2D eigenvalue weighted by molar-refractivity contribution is 0.0945. The molecule has 0 bridgehead atoms. The van der Waals surface area contributed by atoms with Crippen LogP contribution in [0.25, 0.3) is 16.6 Å². The second-order valence-corrected chi connectivity index (χ2v) is 6.06. The minimum Gasteiger partial charge on any atom is -0.393 e. The Balaban J connectivity index is 1.98. The Morgan fingerprint density at radius 1 is 1.19 bits per heavy atom. The number of benzene rings is 2. The van der Waals surface area contributed by atoms with E-state index in [0.717, 1.165) is 4.57 Å². The summed E-state index contributed by atoms with van der Waals surface area (Å²) < 4.78 is 1.06. The maximum Gasteiger partial charge on any atom is 0.333 e. The molecule has 0 spiro atoms. The molecule has 3 rings (SSSR count). The Morgan fingerprint density at radius 2 is 1.92 bits per heavy atom. The summed E-state index contributed by atoms with van der Waals surface area (Å²) in [6.07, 6.45) is -0.0579. The molecule has 1 heterocycles. The average molecular weight is 353 g/mol. The molecule has 3 N–H and O–H groups in total.